The van der Waals surface area contributed by atoms with Crippen molar-refractivity contribution in [2.24, 2.45) is 4.99 Å². The molecule has 2 N–H and O–H groups in total. The van der Waals surface area contributed by atoms with E-state index in [1.54, 1.807) is 36.4 Å². The zero-order valence-electron chi connectivity index (χ0n) is 15.4. The molecule has 2 aromatic carbocycles. The molecule has 0 bridgehead atoms. The van der Waals surface area contributed by atoms with Crippen molar-refractivity contribution in [1.82, 2.24) is 5.32 Å². The van der Waals surface area contributed by atoms with Crippen LogP contribution < -0.4 is 10.1 Å². The first-order valence-electron chi connectivity index (χ1n) is 8.96. The second-order valence-electron chi connectivity index (χ2n) is 6.16. The van der Waals surface area contributed by atoms with Gasteiger partial charge >= 0.3 is 5.97 Å². The summed E-state index contributed by atoms with van der Waals surface area (Å²) in [5.41, 5.74) is 0.327. The maximum absolute atomic E-state index is 12.7. The van der Waals surface area contributed by atoms with Gasteiger partial charge in [0.1, 0.15) is 22.9 Å². The predicted octanol–water partition coefficient (Wildman–Crippen LogP) is 3.42. The van der Waals surface area contributed by atoms with Crippen LogP contribution in [0.4, 0.5) is 5.69 Å². The first-order chi connectivity index (χ1) is 14.0. The molecular formula is C21H19N3O5. The van der Waals surface area contributed by atoms with Crippen molar-refractivity contribution in [2.75, 3.05) is 13.1 Å². The number of ether oxygens (including phenoxy) is 1. The van der Waals surface area contributed by atoms with E-state index in [2.05, 4.69) is 10.3 Å². The van der Waals surface area contributed by atoms with E-state index >= 15 is 0 Å². The van der Waals surface area contributed by atoms with E-state index in [-0.39, 0.29) is 22.9 Å². The predicted molar refractivity (Wildman–Crippen MR) is 109 cm³/mol. The molecule has 8 heteroatoms. The molecule has 1 aliphatic rings. The van der Waals surface area contributed by atoms with Crippen molar-refractivity contribution in [2.45, 2.75) is 6.42 Å². The Balaban J connectivity index is 1.92. The van der Waals surface area contributed by atoms with Crippen LogP contribution >= 0.6 is 0 Å². The summed E-state index contributed by atoms with van der Waals surface area (Å²) in [4.78, 5) is 27.4. The number of aliphatic hydroxyl groups excluding tert-OH is 1. The van der Waals surface area contributed by atoms with Crippen molar-refractivity contribution in [3.63, 3.8) is 0 Å². The number of allylic oxidation sites excluding steroid dienone is 1. The van der Waals surface area contributed by atoms with Gasteiger partial charge in [-0.2, -0.15) is 0 Å². The number of amidine groups is 1. The number of aliphatic imine (C=N–C) groups is 1. The Kier molecular flexibility index (Phi) is 6.36. The van der Waals surface area contributed by atoms with Crippen LogP contribution in [-0.4, -0.2) is 34.9 Å². The van der Waals surface area contributed by atoms with E-state index in [1.165, 1.54) is 30.4 Å². The number of para-hydroxylation sites is 1. The SMILES string of the molecule is O=C(Oc1ccccc1)/C(C1=NCCCN1)=C(O)/C=C/c1cccc([N+](=O)[O-])c1. The van der Waals surface area contributed by atoms with Crippen LogP contribution in [0.5, 0.6) is 5.75 Å². The fourth-order valence-corrected chi connectivity index (χ4v) is 2.67. The summed E-state index contributed by atoms with van der Waals surface area (Å²) >= 11 is 0. The molecule has 3 rings (SSSR count). The summed E-state index contributed by atoms with van der Waals surface area (Å²) in [5.74, 6) is -0.531. The summed E-state index contributed by atoms with van der Waals surface area (Å²) in [5, 5.41) is 24.5. The van der Waals surface area contributed by atoms with E-state index in [4.69, 9.17) is 4.74 Å². The van der Waals surface area contributed by atoms with Gasteiger partial charge < -0.3 is 15.2 Å². The fourth-order valence-electron chi connectivity index (χ4n) is 2.67. The number of esters is 1. The van der Waals surface area contributed by atoms with E-state index in [1.807, 2.05) is 0 Å². The van der Waals surface area contributed by atoms with Gasteiger partial charge in [0.25, 0.3) is 5.69 Å². The Morgan fingerprint density at radius 2 is 2.00 bits per heavy atom. The smallest absolute Gasteiger partial charge is 0.351 e. The molecule has 0 saturated carbocycles. The van der Waals surface area contributed by atoms with E-state index < -0.39 is 10.9 Å². The van der Waals surface area contributed by atoms with Gasteiger partial charge in [0.15, 0.2) is 0 Å². The molecule has 0 unspecified atom stereocenters. The van der Waals surface area contributed by atoms with Crippen LogP contribution in [0.3, 0.4) is 0 Å². The van der Waals surface area contributed by atoms with Crippen molar-refractivity contribution < 1.29 is 19.6 Å². The lowest BCUT2D eigenvalue weighted by Gasteiger charge is -2.17. The zero-order chi connectivity index (χ0) is 20.6. The number of carbonyl (C=O) groups excluding carboxylic acids is 1. The van der Waals surface area contributed by atoms with E-state index in [0.717, 1.165) is 6.42 Å². The summed E-state index contributed by atoms with van der Waals surface area (Å²) in [6.45, 7) is 1.13. The van der Waals surface area contributed by atoms with Gasteiger partial charge in [0.2, 0.25) is 0 Å². The highest BCUT2D eigenvalue weighted by molar-refractivity contribution is 6.20. The summed E-state index contributed by atoms with van der Waals surface area (Å²) in [6.07, 6.45) is 3.58. The Hall–Kier alpha value is -3.94. The number of nitro benzene ring substituents is 1. The molecule has 0 atom stereocenters. The quantitative estimate of drug-likeness (QED) is 0.148. The highest BCUT2D eigenvalue weighted by atomic mass is 16.6. The van der Waals surface area contributed by atoms with Crippen LogP contribution in [0, 0.1) is 10.1 Å². The van der Waals surface area contributed by atoms with Crippen LogP contribution in [0.25, 0.3) is 6.08 Å². The first-order valence-corrected chi connectivity index (χ1v) is 8.96. The van der Waals surface area contributed by atoms with Gasteiger partial charge in [-0.15, -0.1) is 0 Å². The molecule has 148 valence electrons. The van der Waals surface area contributed by atoms with Crippen LogP contribution in [0.1, 0.15) is 12.0 Å². The average molecular weight is 393 g/mol. The lowest BCUT2D eigenvalue weighted by atomic mass is 10.1. The third kappa shape index (κ3) is 5.29. The number of rotatable bonds is 6. The molecule has 0 aromatic heterocycles. The van der Waals surface area contributed by atoms with Crippen molar-refractivity contribution in [3.05, 3.63) is 87.7 Å². The van der Waals surface area contributed by atoms with Crippen molar-refractivity contribution >= 4 is 23.6 Å². The second kappa shape index (κ2) is 9.32. The minimum Gasteiger partial charge on any atom is -0.507 e. The first kappa shape index (κ1) is 19.8. The number of hydrogen-bond acceptors (Lipinski definition) is 7. The highest BCUT2D eigenvalue weighted by Gasteiger charge is 2.24. The molecule has 1 heterocycles. The normalized spacial score (nSPS) is 14.6. The maximum Gasteiger partial charge on any atom is 0.351 e. The number of nitrogens with zero attached hydrogens (tertiary/aromatic N) is 2. The molecule has 1 aliphatic heterocycles. The zero-order valence-corrected chi connectivity index (χ0v) is 15.4. The molecule has 8 nitrogen and oxygen atoms in total. The van der Waals surface area contributed by atoms with Crippen LogP contribution in [0.15, 0.2) is 77.0 Å². The number of nitro groups is 1. The Bertz CT molecular complexity index is 996. The highest BCUT2D eigenvalue weighted by Crippen LogP contribution is 2.18. The number of nitrogens with one attached hydrogen (secondary N) is 1. The third-order valence-electron chi connectivity index (χ3n) is 4.06. The fraction of sp³-hybridized carbons (Fsp3) is 0.143. The molecule has 0 amide bonds. The maximum atomic E-state index is 12.7. The van der Waals surface area contributed by atoms with Gasteiger partial charge in [0, 0.05) is 25.2 Å². The standard InChI is InChI=1S/C21H19N3O5/c25-18(11-10-15-6-4-7-16(14-15)24(27)28)19(20-22-12-5-13-23-20)21(26)29-17-8-2-1-3-9-17/h1-4,6-11,14,25H,5,12-13H2,(H,22,23)/b11-10+,19-18-. The van der Waals surface area contributed by atoms with Crippen molar-refractivity contribution in [3.8, 4) is 5.75 Å². The molecule has 0 aliphatic carbocycles. The minimum absolute atomic E-state index is 0.0716. The summed E-state index contributed by atoms with van der Waals surface area (Å²) in [6, 6.07) is 14.4. The second-order valence-corrected chi connectivity index (χ2v) is 6.16. The molecule has 0 spiro atoms. The van der Waals surface area contributed by atoms with Crippen molar-refractivity contribution in [1.29, 1.82) is 0 Å². The molecule has 0 saturated heterocycles. The topological polar surface area (TPSA) is 114 Å². The molecular weight excluding hydrogens is 374 g/mol. The summed E-state index contributed by atoms with van der Waals surface area (Å²) in [7, 11) is 0. The molecule has 29 heavy (non-hydrogen) atoms. The Morgan fingerprint density at radius 1 is 1.21 bits per heavy atom. The van der Waals surface area contributed by atoms with Crippen LogP contribution in [0.2, 0.25) is 0 Å². The monoisotopic (exact) mass is 393 g/mol. The number of non-ortho nitro benzene ring substituents is 1. The number of carbonyl (C=O) groups is 1. The lowest BCUT2D eigenvalue weighted by Crippen LogP contribution is -2.35. The largest absolute Gasteiger partial charge is 0.507 e. The van der Waals surface area contributed by atoms with Gasteiger partial charge in [-0.3, -0.25) is 15.1 Å². The molecule has 0 fully saturated rings. The Labute approximate surface area is 167 Å². The third-order valence-corrected chi connectivity index (χ3v) is 4.06. The number of hydrogen-bond donors (Lipinski definition) is 2. The van der Waals surface area contributed by atoms with Gasteiger partial charge in [-0.25, -0.2) is 4.79 Å². The van der Waals surface area contributed by atoms with Crippen LogP contribution in [-0.2, 0) is 4.79 Å². The number of benzene rings is 2. The summed E-state index contributed by atoms with van der Waals surface area (Å²) < 4.78 is 5.35. The minimum atomic E-state index is -0.759. The van der Waals surface area contributed by atoms with Gasteiger partial charge in [-0.1, -0.05) is 36.4 Å². The average Bonchev–Trinajstić information content (AvgIpc) is 2.74. The number of aliphatic hydroxyl groups is 1. The lowest BCUT2D eigenvalue weighted by molar-refractivity contribution is -0.384. The molecule has 0 radical (unpaired) electrons. The van der Waals surface area contributed by atoms with Gasteiger partial charge in [-0.05, 0) is 30.2 Å². The van der Waals surface area contributed by atoms with Gasteiger partial charge in [0.05, 0.1) is 4.92 Å². The Morgan fingerprint density at radius 3 is 2.69 bits per heavy atom. The van der Waals surface area contributed by atoms with E-state index in [0.29, 0.717) is 24.4 Å². The van der Waals surface area contributed by atoms with E-state index in [9.17, 15) is 20.0 Å². The molecule has 2 aromatic rings.